The molecule has 0 saturated heterocycles. The molecule has 1 atom stereocenters. The molecule has 1 aromatic rings. The lowest BCUT2D eigenvalue weighted by molar-refractivity contribution is 0.724. The van der Waals surface area contributed by atoms with Crippen LogP contribution in [0.1, 0.15) is 19.0 Å². The van der Waals surface area contributed by atoms with Crippen LogP contribution in [-0.2, 0) is 0 Å². The van der Waals surface area contributed by atoms with Crippen LogP contribution in [0, 0.1) is 6.92 Å². The van der Waals surface area contributed by atoms with Crippen LogP contribution in [0.25, 0.3) is 0 Å². The minimum atomic E-state index is 0.305. The average molecular weight is 202 g/mol. The predicted octanol–water partition coefficient (Wildman–Crippen LogP) is 2.28. The summed E-state index contributed by atoms with van der Waals surface area (Å²) in [5, 5.41) is 2.07. The van der Waals surface area contributed by atoms with Crippen molar-refractivity contribution in [1.82, 2.24) is 4.98 Å². The maximum Gasteiger partial charge on any atom is 0.150 e. The second kappa shape index (κ2) is 4.84. The van der Waals surface area contributed by atoms with Gasteiger partial charge in [-0.3, -0.25) is 0 Å². The summed E-state index contributed by atoms with van der Waals surface area (Å²) in [6, 6.07) is 0.305. The number of hydrogen-bond donors (Lipinski definition) is 1. The van der Waals surface area contributed by atoms with E-state index in [9.17, 15) is 0 Å². The van der Waals surface area contributed by atoms with Gasteiger partial charge < -0.3 is 5.73 Å². The van der Waals surface area contributed by atoms with Crippen LogP contribution in [0.15, 0.2) is 9.72 Å². The van der Waals surface area contributed by atoms with Crippen molar-refractivity contribution in [3.8, 4) is 0 Å². The molecule has 0 aliphatic heterocycles. The van der Waals surface area contributed by atoms with E-state index in [0.29, 0.717) is 6.04 Å². The Labute approximate surface area is 81.6 Å². The molecule has 12 heavy (non-hydrogen) atoms. The average Bonchev–Trinajstić information content (AvgIpc) is 2.47. The Morgan fingerprint density at radius 1 is 1.75 bits per heavy atom. The Balaban J connectivity index is 2.33. The summed E-state index contributed by atoms with van der Waals surface area (Å²) in [6.45, 7) is 4.12. The topological polar surface area (TPSA) is 38.9 Å². The maximum atomic E-state index is 5.78. The Kier molecular flexibility index (Phi) is 4.05. The number of hydrogen-bond acceptors (Lipinski definition) is 4. The Morgan fingerprint density at radius 3 is 3.00 bits per heavy atom. The van der Waals surface area contributed by atoms with Gasteiger partial charge in [0.15, 0.2) is 0 Å². The van der Waals surface area contributed by atoms with Crippen LogP contribution in [0.4, 0.5) is 0 Å². The van der Waals surface area contributed by atoms with Gasteiger partial charge in [0.2, 0.25) is 0 Å². The highest BCUT2D eigenvalue weighted by atomic mass is 32.2. The summed E-state index contributed by atoms with van der Waals surface area (Å²) >= 11 is 3.45. The van der Waals surface area contributed by atoms with Crippen molar-refractivity contribution in [1.29, 1.82) is 0 Å². The van der Waals surface area contributed by atoms with Crippen molar-refractivity contribution in [2.24, 2.45) is 5.73 Å². The van der Waals surface area contributed by atoms with Crippen molar-refractivity contribution in [2.75, 3.05) is 5.75 Å². The molecule has 4 heteroatoms. The van der Waals surface area contributed by atoms with Gasteiger partial charge in [0.1, 0.15) is 4.34 Å². The molecule has 0 amide bonds. The predicted molar refractivity (Wildman–Crippen MR) is 55.8 cm³/mol. The van der Waals surface area contributed by atoms with E-state index in [4.69, 9.17) is 5.73 Å². The van der Waals surface area contributed by atoms with Crippen molar-refractivity contribution in [3.05, 3.63) is 11.1 Å². The lowest BCUT2D eigenvalue weighted by atomic mass is 10.3. The summed E-state index contributed by atoms with van der Waals surface area (Å²) in [6.07, 6.45) is 1.04. The molecular formula is C8H14N2S2. The van der Waals surface area contributed by atoms with E-state index in [1.165, 1.54) is 0 Å². The number of aromatic nitrogens is 1. The monoisotopic (exact) mass is 202 g/mol. The van der Waals surface area contributed by atoms with Crippen molar-refractivity contribution in [3.63, 3.8) is 0 Å². The Morgan fingerprint density at radius 2 is 2.50 bits per heavy atom. The normalized spacial score (nSPS) is 13.2. The molecule has 2 nitrogen and oxygen atoms in total. The molecule has 0 aromatic carbocycles. The molecule has 0 aliphatic rings. The lowest BCUT2D eigenvalue weighted by Crippen LogP contribution is -2.21. The third-order valence-electron chi connectivity index (χ3n) is 1.54. The molecule has 0 bridgehead atoms. The minimum absolute atomic E-state index is 0.305. The molecule has 1 aromatic heterocycles. The first-order valence-corrected chi connectivity index (χ1v) is 5.89. The molecule has 1 heterocycles. The number of aryl methyl sites for hydroxylation is 1. The highest BCUT2D eigenvalue weighted by Gasteiger charge is 2.03. The summed E-state index contributed by atoms with van der Waals surface area (Å²) < 4.78 is 1.14. The van der Waals surface area contributed by atoms with Gasteiger partial charge in [-0.05, 0) is 13.3 Å². The van der Waals surface area contributed by atoms with Gasteiger partial charge in [0, 0.05) is 22.9 Å². The van der Waals surface area contributed by atoms with Crippen LogP contribution in [0.3, 0.4) is 0 Å². The van der Waals surface area contributed by atoms with Gasteiger partial charge in [-0.15, -0.1) is 11.3 Å². The summed E-state index contributed by atoms with van der Waals surface area (Å²) in [5.41, 5.74) is 6.89. The van der Waals surface area contributed by atoms with Crippen molar-refractivity contribution >= 4 is 23.1 Å². The standard InChI is InChI=1S/C8H14N2S2/c1-3-7(9)5-12-8-10-6(2)4-11-8/h4,7H,3,5,9H2,1-2H3. The van der Waals surface area contributed by atoms with E-state index in [1.807, 2.05) is 6.92 Å². The zero-order chi connectivity index (χ0) is 8.97. The number of nitrogens with zero attached hydrogens (tertiary/aromatic N) is 1. The zero-order valence-electron chi connectivity index (χ0n) is 7.41. The van der Waals surface area contributed by atoms with Gasteiger partial charge in [-0.25, -0.2) is 4.98 Å². The van der Waals surface area contributed by atoms with E-state index in [2.05, 4.69) is 17.3 Å². The SMILES string of the molecule is CCC(N)CSc1nc(C)cs1. The molecule has 1 rings (SSSR count). The van der Waals surface area contributed by atoms with Gasteiger partial charge in [-0.2, -0.15) is 0 Å². The van der Waals surface area contributed by atoms with Gasteiger partial charge in [0.05, 0.1) is 0 Å². The number of nitrogens with two attached hydrogens (primary N) is 1. The molecule has 0 saturated carbocycles. The quantitative estimate of drug-likeness (QED) is 0.761. The van der Waals surface area contributed by atoms with E-state index < -0.39 is 0 Å². The molecule has 0 fully saturated rings. The number of thioether (sulfide) groups is 1. The van der Waals surface area contributed by atoms with E-state index in [-0.39, 0.29) is 0 Å². The summed E-state index contributed by atoms with van der Waals surface area (Å²) in [4.78, 5) is 4.34. The van der Waals surface area contributed by atoms with Gasteiger partial charge in [0.25, 0.3) is 0 Å². The summed E-state index contributed by atoms with van der Waals surface area (Å²) in [5.74, 6) is 0.976. The molecule has 2 N–H and O–H groups in total. The van der Waals surface area contributed by atoms with E-state index >= 15 is 0 Å². The van der Waals surface area contributed by atoms with E-state index in [0.717, 1.165) is 22.2 Å². The Hall–Kier alpha value is -0.0600. The molecule has 68 valence electrons. The van der Waals surface area contributed by atoms with Crippen molar-refractivity contribution in [2.45, 2.75) is 30.6 Å². The van der Waals surface area contributed by atoms with Crippen LogP contribution in [-0.4, -0.2) is 16.8 Å². The number of thiazole rings is 1. The summed E-state index contributed by atoms with van der Waals surface area (Å²) in [7, 11) is 0. The molecule has 0 aliphatic carbocycles. The van der Waals surface area contributed by atoms with Crippen molar-refractivity contribution < 1.29 is 0 Å². The first-order chi connectivity index (χ1) is 5.72. The fourth-order valence-corrected chi connectivity index (χ4v) is 2.64. The molecule has 0 spiro atoms. The third kappa shape index (κ3) is 3.13. The largest absolute Gasteiger partial charge is 0.327 e. The third-order valence-corrected chi connectivity index (χ3v) is 3.87. The van der Waals surface area contributed by atoms with Crippen LogP contribution in [0.2, 0.25) is 0 Å². The highest BCUT2D eigenvalue weighted by Crippen LogP contribution is 2.22. The van der Waals surface area contributed by atoms with Gasteiger partial charge >= 0.3 is 0 Å². The lowest BCUT2D eigenvalue weighted by Gasteiger charge is -2.04. The Bertz CT molecular complexity index is 235. The number of rotatable bonds is 4. The zero-order valence-corrected chi connectivity index (χ0v) is 9.04. The maximum absolute atomic E-state index is 5.78. The van der Waals surface area contributed by atoms with Crippen LogP contribution in [0.5, 0.6) is 0 Å². The minimum Gasteiger partial charge on any atom is -0.327 e. The fourth-order valence-electron chi connectivity index (χ4n) is 0.695. The highest BCUT2D eigenvalue weighted by molar-refractivity contribution is 8.01. The second-order valence-electron chi connectivity index (χ2n) is 2.73. The smallest absolute Gasteiger partial charge is 0.150 e. The molecule has 0 radical (unpaired) electrons. The van der Waals surface area contributed by atoms with Crippen LogP contribution >= 0.6 is 23.1 Å². The van der Waals surface area contributed by atoms with E-state index in [1.54, 1.807) is 23.1 Å². The molecular weight excluding hydrogens is 188 g/mol. The first kappa shape index (κ1) is 10.0. The first-order valence-electron chi connectivity index (χ1n) is 4.03. The van der Waals surface area contributed by atoms with Gasteiger partial charge in [-0.1, -0.05) is 18.7 Å². The fraction of sp³-hybridized carbons (Fsp3) is 0.625. The molecule has 1 unspecified atom stereocenters. The van der Waals surface area contributed by atoms with Crippen LogP contribution < -0.4 is 5.73 Å². The second-order valence-corrected chi connectivity index (χ2v) is 4.86.